The molecule has 1 heterocycles. The zero-order valence-corrected chi connectivity index (χ0v) is 18.1. The summed E-state index contributed by atoms with van der Waals surface area (Å²) in [5.74, 6) is 1.17. The zero-order valence-electron chi connectivity index (χ0n) is 17.3. The predicted molar refractivity (Wildman–Crippen MR) is 120 cm³/mol. The van der Waals surface area contributed by atoms with Crippen molar-refractivity contribution in [1.82, 2.24) is 10.3 Å². The Balaban J connectivity index is 1.65. The SMILES string of the molecule is Cc1ccc(Sc2cc(C(=O)N[C@@H]3CCC[C@@H](C)[C@H]3C)c3ccccc3n2)cc1. The number of aromatic nitrogens is 1. The highest BCUT2D eigenvalue weighted by atomic mass is 32.2. The molecule has 4 heteroatoms. The van der Waals surface area contributed by atoms with E-state index in [-0.39, 0.29) is 11.9 Å². The molecule has 1 aromatic heterocycles. The third-order valence-corrected chi connectivity index (χ3v) is 7.13. The molecule has 1 saturated carbocycles. The van der Waals surface area contributed by atoms with Crippen LogP contribution in [0.5, 0.6) is 0 Å². The lowest BCUT2D eigenvalue weighted by Gasteiger charge is -2.34. The molecule has 0 bridgehead atoms. The molecule has 3 atom stereocenters. The summed E-state index contributed by atoms with van der Waals surface area (Å²) in [5, 5.41) is 5.09. The summed E-state index contributed by atoms with van der Waals surface area (Å²) in [6, 6.07) is 18.5. The second-order valence-electron chi connectivity index (χ2n) is 8.29. The number of hydrogen-bond donors (Lipinski definition) is 1. The Labute approximate surface area is 177 Å². The first-order valence-corrected chi connectivity index (χ1v) is 11.3. The summed E-state index contributed by atoms with van der Waals surface area (Å²) in [6.07, 6.45) is 3.50. The summed E-state index contributed by atoms with van der Waals surface area (Å²) < 4.78 is 0. The van der Waals surface area contributed by atoms with E-state index in [1.807, 2.05) is 30.3 Å². The van der Waals surface area contributed by atoms with Gasteiger partial charge in [0.05, 0.1) is 11.1 Å². The number of pyridine rings is 1. The van der Waals surface area contributed by atoms with Crippen molar-refractivity contribution in [3.8, 4) is 0 Å². The fourth-order valence-corrected chi connectivity index (χ4v) is 4.98. The van der Waals surface area contributed by atoms with Gasteiger partial charge in [0, 0.05) is 16.3 Å². The van der Waals surface area contributed by atoms with Gasteiger partial charge >= 0.3 is 0 Å². The predicted octanol–water partition coefficient (Wildman–Crippen LogP) is 6.25. The molecule has 3 nitrogen and oxygen atoms in total. The number of rotatable bonds is 4. The molecule has 0 aliphatic heterocycles. The van der Waals surface area contributed by atoms with E-state index in [0.717, 1.165) is 32.8 Å². The first-order valence-electron chi connectivity index (χ1n) is 10.5. The minimum absolute atomic E-state index is 0.0142. The van der Waals surface area contributed by atoms with Crippen LogP contribution in [0.25, 0.3) is 10.9 Å². The number of nitrogens with one attached hydrogen (secondary N) is 1. The van der Waals surface area contributed by atoms with Crippen molar-refractivity contribution in [3.63, 3.8) is 0 Å². The number of carbonyl (C=O) groups is 1. The molecule has 3 aromatic rings. The molecule has 0 unspecified atom stereocenters. The summed E-state index contributed by atoms with van der Waals surface area (Å²) in [6.45, 7) is 6.64. The summed E-state index contributed by atoms with van der Waals surface area (Å²) in [4.78, 5) is 19.2. The number of nitrogens with zero attached hydrogens (tertiary/aromatic N) is 1. The molecule has 0 spiro atoms. The Bertz CT molecular complexity index is 1020. The topological polar surface area (TPSA) is 42.0 Å². The van der Waals surface area contributed by atoms with Crippen LogP contribution in [0.2, 0.25) is 0 Å². The van der Waals surface area contributed by atoms with Crippen molar-refractivity contribution in [2.45, 2.75) is 56.0 Å². The van der Waals surface area contributed by atoms with Gasteiger partial charge in [-0.1, -0.05) is 74.3 Å². The standard InChI is InChI=1S/C25H28N2OS/c1-16-11-13-19(14-12-16)29-24-15-21(20-8-4-5-9-23(20)26-24)25(28)27-22-10-6-7-17(2)18(22)3/h4-5,8-9,11-15,17-18,22H,6-7,10H2,1-3H3,(H,27,28)/t17-,18-,22-/m1/s1. The maximum Gasteiger partial charge on any atom is 0.252 e. The van der Waals surface area contributed by atoms with E-state index in [0.29, 0.717) is 11.8 Å². The molecule has 0 radical (unpaired) electrons. The van der Waals surface area contributed by atoms with Crippen molar-refractivity contribution < 1.29 is 4.79 Å². The van der Waals surface area contributed by atoms with E-state index in [1.165, 1.54) is 18.4 Å². The second kappa shape index (κ2) is 8.58. The van der Waals surface area contributed by atoms with E-state index in [2.05, 4.69) is 50.4 Å². The lowest BCUT2D eigenvalue weighted by Crippen LogP contribution is -2.43. The van der Waals surface area contributed by atoms with Crippen LogP contribution in [0, 0.1) is 18.8 Å². The number of benzene rings is 2. The largest absolute Gasteiger partial charge is 0.349 e. The normalized spacial score (nSPS) is 21.8. The van der Waals surface area contributed by atoms with Crippen molar-refractivity contribution in [2.75, 3.05) is 0 Å². The maximum atomic E-state index is 13.3. The Morgan fingerprint density at radius 3 is 2.62 bits per heavy atom. The Kier molecular flexibility index (Phi) is 5.91. The van der Waals surface area contributed by atoms with Crippen LogP contribution >= 0.6 is 11.8 Å². The highest BCUT2D eigenvalue weighted by Crippen LogP contribution is 2.32. The molecule has 150 valence electrons. The minimum Gasteiger partial charge on any atom is -0.349 e. The molecule has 1 aliphatic rings. The van der Waals surface area contributed by atoms with Gasteiger partial charge in [-0.25, -0.2) is 4.98 Å². The van der Waals surface area contributed by atoms with E-state index < -0.39 is 0 Å². The first kappa shape index (κ1) is 20.0. The molecule has 1 amide bonds. The average Bonchev–Trinajstić information content (AvgIpc) is 2.72. The first-order chi connectivity index (χ1) is 14.0. The molecule has 4 rings (SSSR count). The summed E-state index contributed by atoms with van der Waals surface area (Å²) >= 11 is 1.60. The van der Waals surface area contributed by atoms with Crippen LogP contribution < -0.4 is 5.32 Å². The van der Waals surface area contributed by atoms with Gasteiger partial charge in [-0.3, -0.25) is 4.79 Å². The van der Waals surface area contributed by atoms with E-state index >= 15 is 0 Å². The minimum atomic E-state index is 0.0142. The fraction of sp³-hybridized carbons (Fsp3) is 0.360. The van der Waals surface area contributed by atoms with Crippen LogP contribution in [0.4, 0.5) is 0 Å². The zero-order chi connectivity index (χ0) is 20.4. The van der Waals surface area contributed by atoms with Crippen molar-refractivity contribution in [2.24, 2.45) is 11.8 Å². The second-order valence-corrected chi connectivity index (χ2v) is 9.38. The lowest BCUT2D eigenvalue weighted by atomic mass is 9.78. The van der Waals surface area contributed by atoms with Gasteiger partial charge in [0.2, 0.25) is 0 Å². The molecule has 1 N–H and O–H groups in total. The quantitative estimate of drug-likeness (QED) is 0.559. The van der Waals surface area contributed by atoms with E-state index in [9.17, 15) is 4.79 Å². The lowest BCUT2D eigenvalue weighted by molar-refractivity contribution is 0.0892. The highest BCUT2D eigenvalue weighted by Gasteiger charge is 2.29. The highest BCUT2D eigenvalue weighted by molar-refractivity contribution is 7.99. The van der Waals surface area contributed by atoms with Crippen molar-refractivity contribution >= 4 is 28.6 Å². The number of carbonyl (C=O) groups excluding carboxylic acids is 1. The van der Waals surface area contributed by atoms with Gasteiger partial charge in [0.25, 0.3) is 5.91 Å². The number of para-hydroxylation sites is 1. The van der Waals surface area contributed by atoms with Gasteiger partial charge in [-0.2, -0.15) is 0 Å². The number of fused-ring (bicyclic) bond motifs is 1. The van der Waals surface area contributed by atoms with Gasteiger partial charge in [-0.15, -0.1) is 0 Å². The smallest absolute Gasteiger partial charge is 0.252 e. The summed E-state index contributed by atoms with van der Waals surface area (Å²) in [7, 11) is 0. The third kappa shape index (κ3) is 4.48. The van der Waals surface area contributed by atoms with E-state index in [1.54, 1.807) is 11.8 Å². The van der Waals surface area contributed by atoms with Gasteiger partial charge < -0.3 is 5.32 Å². The average molecular weight is 405 g/mol. The van der Waals surface area contributed by atoms with Gasteiger partial charge in [0.1, 0.15) is 5.03 Å². The maximum absolute atomic E-state index is 13.3. The van der Waals surface area contributed by atoms with Gasteiger partial charge in [-0.05, 0) is 49.4 Å². The molecular formula is C25H28N2OS. The van der Waals surface area contributed by atoms with Crippen molar-refractivity contribution in [3.05, 3.63) is 65.7 Å². The summed E-state index contributed by atoms with van der Waals surface area (Å²) in [5.41, 5.74) is 2.81. The molecule has 0 saturated heterocycles. The van der Waals surface area contributed by atoms with E-state index in [4.69, 9.17) is 4.98 Å². The van der Waals surface area contributed by atoms with Crippen molar-refractivity contribution in [1.29, 1.82) is 0 Å². The number of hydrogen-bond acceptors (Lipinski definition) is 3. The van der Waals surface area contributed by atoms with Crippen LogP contribution in [0.15, 0.2) is 64.5 Å². The van der Waals surface area contributed by atoms with Gasteiger partial charge in [0.15, 0.2) is 0 Å². The van der Waals surface area contributed by atoms with Crippen LogP contribution in [0.3, 0.4) is 0 Å². The van der Waals surface area contributed by atoms with Crippen LogP contribution in [0.1, 0.15) is 49.0 Å². The van der Waals surface area contributed by atoms with Crippen LogP contribution in [-0.2, 0) is 0 Å². The Morgan fingerprint density at radius 1 is 1.07 bits per heavy atom. The molecule has 2 aromatic carbocycles. The number of aryl methyl sites for hydroxylation is 1. The Morgan fingerprint density at radius 2 is 1.83 bits per heavy atom. The number of amides is 1. The molecule has 1 fully saturated rings. The Hall–Kier alpha value is -2.33. The molecular weight excluding hydrogens is 376 g/mol. The molecule has 29 heavy (non-hydrogen) atoms. The molecule has 1 aliphatic carbocycles. The third-order valence-electron chi connectivity index (χ3n) is 6.20. The monoisotopic (exact) mass is 404 g/mol. The fourth-order valence-electron chi connectivity index (χ4n) is 4.15. The van der Waals surface area contributed by atoms with Crippen LogP contribution in [-0.4, -0.2) is 16.9 Å².